The zero-order valence-electron chi connectivity index (χ0n) is 4.20. The number of hydrogen-bond acceptors (Lipinski definition) is 0. The average Bonchev–Trinajstić information content (AvgIpc) is 2.21. The fourth-order valence-corrected chi connectivity index (χ4v) is 1.50. The van der Waals surface area contributed by atoms with Gasteiger partial charge in [-0.15, -0.1) is 8.58 Å². The summed E-state index contributed by atoms with van der Waals surface area (Å²) in [5, 5.41) is 0. The van der Waals surface area contributed by atoms with Crippen molar-refractivity contribution in [2.75, 3.05) is 6.16 Å². The van der Waals surface area contributed by atoms with Gasteiger partial charge in [0, 0.05) is 0 Å². The molecule has 1 heteroatoms. The summed E-state index contributed by atoms with van der Waals surface area (Å²) in [6.45, 7) is 2.27. The Bertz CT molecular complexity index is 39.2. The SMILES string of the molecule is CCC[C@@H]1CP1. The highest BCUT2D eigenvalue weighted by molar-refractivity contribution is 7.47. The molecule has 0 amide bonds. The van der Waals surface area contributed by atoms with Crippen LogP contribution in [0.3, 0.4) is 0 Å². The van der Waals surface area contributed by atoms with Crippen molar-refractivity contribution in [1.29, 1.82) is 0 Å². The van der Waals surface area contributed by atoms with Crippen LogP contribution in [0.1, 0.15) is 19.8 Å². The van der Waals surface area contributed by atoms with E-state index in [0.717, 1.165) is 0 Å². The first-order chi connectivity index (χ1) is 2.93. The Morgan fingerprint density at radius 2 is 2.50 bits per heavy atom. The van der Waals surface area contributed by atoms with Crippen molar-refractivity contribution in [1.82, 2.24) is 0 Å². The van der Waals surface area contributed by atoms with Crippen molar-refractivity contribution >= 4 is 8.58 Å². The third kappa shape index (κ3) is 1.26. The van der Waals surface area contributed by atoms with Crippen LogP contribution in [0.4, 0.5) is 0 Å². The van der Waals surface area contributed by atoms with Crippen molar-refractivity contribution in [2.45, 2.75) is 25.4 Å². The van der Waals surface area contributed by atoms with Crippen LogP contribution >= 0.6 is 8.58 Å². The first-order valence-corrected chi connectivity index (χ1v) is 3.95. The molecule has 1 aliphatic heterocycles. The molecule has 0 aromatic rings. The lowest BCUT2D eigenvalue weighted by Crippen LogP contribution is -1.76. The molecule has 1 fully saturated rings. The zero-order chi connectivity index (χ0) is 4.41. The van der Waals surface area contributed by atoms with Gasteiger partial charge in [-0.05, 0) is 18.2 Å². The summed E-state index contributed by atoms with van der Waals surface area (Å²) in [5.74, 6) is 0. The molecule has 36 valence electrons. The normalized spacial score (nSPS) is 34.5. The van der Waals surface area contributed by atoms with Crippen molar-refractivity contribution < 1.29 is 0 Å². The van der Waals surface area contributed by atoms with Crippen LogP contribution in [0.2, 0.25) is 0 Å². The molecule has 0 aromatic carbocycles. The molecule has 6 heavy (non-hydrogen) atoms. The molecule has 0 spiro atoms. The largest absolute Gasteiger partial charge is 0.118 e. The molecular formula is C5H11P. The molecule has 0 N–H and O–H groups in total. The molecule has 1 aliphatic rings. The van der Waals surface area contributed by atoms with E-state index in [2.05, 4.69) is 6.92 Å². The Morgan fingerprint density at radius 3 is 2.67 bits per heavy atom. The minimum Gasteiger partial charge on any atom is -0.118 e. The number of hydrogen-bond donors (Lipinski definition) is 0. The van der Waals surface area contributed by atoms with E-state index in [9.17, 15) is 0 Å². The van der Waals surface area contributed by atoms with Gasteiger partial charge in [-0.25, -0.2) is 0 Å². The lowest BCUT2D eigenvalue weighted by atomic mass is 10.3. The van der Waals surface area contributed by atoms with Crippen LogP contribution in [0.15, 0.2) is 0 Å². The van der Waals surface area contributed by atoms with E-state index in [1.807, 2.05) is 0 Å². The van der Waals surface area contributed by atoms with Crippen molar-refractivity contribution in [3.63, 3.8) is 0 Å². The maximum absolute atomic E-state index is 2.27. The van der Waals surface area contributed by atoms with E-state index in [0.29, 0.717) is 0 Å². The van der Waals surface area contributed by atoms with E-state index in [1.165, 1.54) is 27.1 Å². The third-order valence-corrected chi connectivity index (χ3v) is 2.40. The molecule has 0 aromatic heterocycles. The van der Waals surface area contributed by atoms with E-state index < -0.39 is 0 Å². The Labute approximate surface area is 41.1 Å². The van der Waals surface area contributed by atoms with Crippen molar-refractivity contribution in [3.05, 3.63) is 0 Å². The molecular weight excluding hydrogens is 91.0 g/mol. The average molecular weight is 102 g/mol. The summed E-state index contributed by atoms with van der Waals surface area (Å²) in [7, 11) is 1.33. The highest BCUT2D eigenvalue weighted by Crippen LogP contribution is 2.41. The lowest BCUT2D eigenvalue weighted by molar-refractivity contribution is 0.830. The molecule has 0 bridgehead atoms. The molecule has 1 unspecified atom stereocenters. The summed E-state index contributed by atoms with van der Waals surface area (Å²) in [5.41, 5.74) is 1.18. The summed E-state index contributed by atoms with van der Waals surface area (Å²) >= 11 is 0. The predicted octanol–water partition coefficient (Wildman–Crippen LogP) is 1.85. The zero-order valence-corrected chi connectivity index (χ0v) is 5.20. The second-order valence-electron chi connectivity index (χ2n) is 1.89. The fourth-order valence-electron chi connectivity index (χ4n) is 0.636. The Morgan fingerprint density at radius 1 is 1.83 bits per heavy atom. The van der Waals surface area contributed by atoms with Crippen LogP contribution in [0.25, 0.3) is 0 Å². The van der Waals surface area contributed by atoms with Gasteiger partial charge in [-0.1, -0.05) is 13.3 Å². The van der Waals surface area contributed by atoms with Crippen LogP contribution in [0, 0.1) is 0 Å². The molecule has 1 heterocycles. The quantitative estimate of drug-likeness (QED) is 0.467. The maximum Gasteiger partial charge on any atom is -0.0199 e. The van der Waals surface area contributed by atoms with Crippen molar-refractivity contribution in [3.8, 4) is 0 Å². The Balaban J connectivity index is 1.88. The van der Waals surface area contributed by atoms with Gasteiger partial charge in [0.2, 0.25) is 0 Å². The molecule has 0 aliphatic carbocycles. The van der Waals surface area contributed by atoms with E-state index in [-0.39, 0.29) is 0 Å². The summed E-state index contributed by atoms with van der Waals surface area (Å²) < 4.78 is 0. The Kier molecular flexibility index (Phi) is 1.48. The highest BCUT2D eigenvalue weighted by Gasteiger charge is 2.18. The first-order valence-electron chi connectivity index (χ1n) is 2.67. The van der Waals surface area contributed by atoms with Crippen molar-refractivity contribution in [2.24, 2.45) is 0 Å². The third-order valence-electron chi connectivity index (χ3n) is 1.13. The second kappa shape index (κ2) is 1.93. The minimum atomic E-state index is 1.18. The predicted molar refractivity (Wildman–Crippen MR) is 31.9 cm³/mol. The standard InChI is InChI=1S/C5H11P/c1-2-3-5-4-6-5/h5-6H,2-4H2,1H3/t5-/m1/s1. The molecule has 1 rings (SSSR count). The molecule has 0 nitrogen and oxygen atoms in total. The van der Waals surface area contributed by atoms with Crippen LogP contribution in [-0.4, -0.2) is 11.8 Å². The summed E-state index contributed by atoms with van der Waals surface area (Å²) in [6, 6.07) is 0. The smallest absolute Gasteiger partial charge is 0.0199 e. The van der Waals surface area contributed by atoms with Gasteiger partial charge >= 0.3 is 0 Å². The van der Waals surface area contributed by atoms with Gasteiger partial charge in [-0.2, -0.15) is 0 Å². The van der Waals surface area contributed by atoms with Gasteiger partial charge in [0.25, 0.3) is 0 Å². The highest BCUT2D eigenvalue weighted by atomic mass is 31.1. The molecule has 0 radical (unpaired) electrons. The van der Waals surface area contributed by atoms with E-state index in [1.54, 1.807) is 6.16 Å². The lowest BCUT2D eigenvalue weighted by Gasteiger charge is -1.82. The van der Waals surface area contributed by atoms with E-state index in [4.69, 9.17) is 0 Å². The maximum atomic E-state index is 2.27. The van der Waals surface area contributed by atoms with E-state index >= 15 is 0 Å². The van der Waals surface area contributed by atoms with Gasteiger partial charge in [0.1, 0.15) is 0 Å². The molecule has 0 saturated carbocycles. The Hall–Kier alpha value is 0.430. The van der Waals surface area contributed by atoms with Crippen LogP contribution in [0.5, 0.6) is 0 Å². The summed E-state index contributed by atoms with van der Waals surface area (Å²) in [6.07, 6.45) is 4.45. The number of rotatable bonds is 2. The van der Waals surface area contributed by atoms with Gasteiger partial charge in [0.05, 0.1) is 0 Å². The van der Waals surface area contributed by atoms with Gasteiger partial charge in [0.15, 0.2) is 0 Å². The minimum absolute atomic E-state index is 1.18. The van der Waals surface area contributed by atoms with Gasteiger partial charge < -0.3 is 0 Å². The van der Waals surface area contributed by atoms with Gasteiger partial charge in [-0.3, -0.25) is 0 Å². The monoisotopic (exact) mass is 102 g/mol. The topological polar surface area (TPSA) is 0 Å². The van der Waals surface area contributed by atoms with Crippen LogP contribution < -0.4 is 0 Å². The summed E-state index contributed by atoms with van der Waals surface area (Å²) in [4.78, 5) is 0. The molecule has 2 atom stereocenters. The fraction of sp³-hybridized carbons (Fsp3) is 1.00. The first kappa shape index (κ1) is 4.59. The van der Waals surface area contributed by atoms with Crippen LogP contribution in [-0.2, 0) is 0 Å². The molecule has 1 saturated heterocycles. The second-order valence-corrected chi connectivity index (χ2v) is 3.53.